The van der Waals surface area contributed by atoms with Crippen LogP contribution in [0.15, 0.2) is 95.9 Å². The molecule has 1 fully saturated rings. The van der Waals surface area contributed by atoms with Crippen LogP contribution in [0, 0.1) is 10.1 Å². The zero-order chi connectivity index (χ0) is 28.5. The molecule has 1 amide bonds. The van der Waals surface area contributed by atoms with E-state index in [1.54, 1.807) is 36.4 Å². The number of ketones is 1. The number of non-ortho nitro benzene ring substituents is 1. The Morgan fingerprint density at radius 2 is 1.40 bits per heavy atom. The lowest BCUT2D eigenvalue weighted by Crippen LogP contribution is -2.51. The SMILES string of the molecule is O=C(C=Cc1ccccc1)C=Cc1ccc(OCC(=O)N2CCN(S(=O)(=O)c3ccc([N+](=O)[O-])cc3)CC2)cc1. The van der Waals surface area contributed by atoms with E-state index in [0.29, 0.717) is 5.75 Å². The van der Waals surface area contributed by atoms with E-state index in [-0.39, 0.29) is 55.1 Å². The van der Waals surface area contributed by atoms with Crippen LogP contribution in [0.2, 0.25) is 0 Å². The van der Waals surface area contributed by atoms with Gasteiger partial charge in [0.25, 0.3) is 11.6 Å². The van der Waals surface area contributed by atoms with Gasteiger partial charge in [-0.25, -0.2) is 8.42 Å². The Bertz CT molecular complexity index is 1510. The highest BCUT2D eigenvalue weighted by Crippen LogP contribution is 2.21. The number of nitro benzene ring substituents is 1. The molecule has 206 valence electrons. The minimum atomic E-state index is -3.83. The molecule has 0 radical (unpaired) electrons. The van der Waals surface area contributed by atoms with Crippen LogP contribution in [0.1, 0.15) is 11.1 Å². The summed E-state index contributed by atoms with van der Waals surface area (Å²) < 4.78 is 32.6. The van der Waals surface area contributed by atoms with Gasteiger partial charge in [-0.15, -0.1) is 0 Å². The second kappa shape index (κ2) is 13.0. The molecule has 0 aromatic heterocycles. The second-order valence-corrected chi connectivity index (χ2v) is 10.8. The number of piperazine rings is 1. The van der Waals surface area contributed by atoms with Crippen molar-refractivity contribution in [1.82, 2.24) is 9.21 Å². The Balaban J connectivity index is 1.23. The Kier molecular flexibility index (Phi) is 9.20. The van der Waals surface area contributed by atoms with Gasteiger partial charge >= 0.3 is 0 Å². The first-order valence-electron chi connectivity index (χ1n) is 12.4. The average Bonchev–Trinajstić information content (AvgIpc) is 2.99. The number of hydrogen-bond acceptors (Lipinski definition) is 7. The summed E-state index contributed by atoms with van der Waals surface area (Å²) in [5.74, 6) is 0.0720. The predicted octanol–water partition coefficient (Wildman–Crippen LogP) is 3.80. The number of ether oxygens (including phenoxy) is 1. The van der Waals surface area contributed by atoms with Crippen LogP contribution >= 0.6 is 0 Å². The lowest BCUT2D eigenvalue weighted by Gasteiger charge is -2.33. The smallest absolute Gasteiger partial charge is 0.269 e. The van der Waals surface area contributed by atoms with E-state index >= 15 is 0 Å². The van der Waals surface area contributed by atoms with Crippen molar-refractivity contribution in [2.45, 2.75) is 4.90 Å². The molecule has 1 aliphatic rings. The third-order valence-corrected chi connectivity index (χ3v) is 8.11. The lowest BCUT2D eigenvalue weighted by atomic mass is 10.1. The highest BCUT2D eigenvalue weighted by Gasteiger charge is 2.30. The molecule has 0 aliphatic carbocycles. The van der Waals surface area contributed by atoms with Gasteiger partial charge < -0.3 is 9.64 Å². The van der Waals surface area contributed by atoms with Gasteiger partial charge in [-0.3, -0.25) is 19.7 Å². The molecule has 10 nitrogen and oxygen atoms in total. The number of sulfonamides is 1. The maximum absolute atomic E-state index is 12.9. The molecule has 4 rings (SSSR count). The maximum atomic E-state index is 12.9. The molecule has 0 unspecified atom stereocenters. The van der Waals surface area contributed by atoms with Crippen LogP contribution in [-0.4, -0.2) is 67.0 Å². The fourth-order valence-corrected chi connectivity index (χ4v) is 5.38. The molecular weight excluding hydrogens is 534 g/mol. The van der Waals surface area contributed by atoms with Crippen molar-refractivity contribution in [1.29, 1.82) is 0 Å². The number of carbonyl (C=O) groups is 2. The van der Waals surface area contributed by atoms with Crippen LogP contribution in [-0.2, 0) is 19.6 Å². The fourth-order valence-electron chi connectivity index (χ4n) is 3.95. The summed E-state index contributed by atoms with van der Waals surface area (Å²) in [6.07, 6.45) is 6.41. The van der Waals surface area contributed by atoms with Gasteiger partial charge in [0.05, 0.1) is 9.82 Å². The van der Waals surface area contributed by atoms with E-state index in [2.05, 4.69) is 0 Å². The minimum Gasteiger partial charge on any atom is -0.484 e. The Hall–Kier alpha value is -4.61. The van der Waals surface area contributed by atoms with E-state index < -0.39 is 14.9 Å². The predicted molar refractivity (Wildman–Crippen MR) is 150 cm³/mol. The lowest BCUT2D eigenvalue weighted by molar-refractivity contribution is -0.384. The molecule has 0 atom stereocenters. The molecule has 1 aliphatic heterocycles. The van der Waals surface area contributed by atoms with Crippen LogP contribution in [0.3, 0.4) is 0 Å². The zero-order valence-electron chi connectivity index (χ0n) is 21.5. The first-order valence-corrected chi connectivity index (χ1v) is 13.9. The monoisotopic (exact) mass is 561 g/mol. The summed E-state index contributed by atoms with van der Waals surface area (Å²) in [5, 5.41) is 10.8. The minimum absolute atomic E-state index is 0.0347. The number of rotatable bonds is 10. The molecule has 40 heavy (non-hydrogen) atoms. The van der Waals surface area contributed by atoms with Gasteiger partial charge in [-0.05, 0) is 47.5 Å². The summed E-state index contributed by atoms with van der Waals surface area (Å²) in [5.41, 5.74) is 1.54. The van der Waals surface area contributed by atoms with Crippen LogP contribution in [0.5, 0.6) is 5.75 Å². The van der Waals surface area contributed by atoms with Crippen LogP contribution in [0.4, 0.5) is 5.69 Å². The highest BCUT2D eigenvalue weighted by atomic mass is 32.2. The fraction of sp³-hybridized carbons (Fsp3) is 0.172. The van der Waals surface area contributed by atoms with Crippen LogP contribution in [0.25, 0.3) is 12.2 Å². The standard InChI is InChI=1S/C29H27N3O7S/c33-26(12-6-23-4-2-1-3-5-23)13-7-24-8-14-27(15-9-24)39-22-29(34)30-18-20-31(21-19-30)40(37,38)28-16-10-25(11-17-28)32(35)36/h1-17H,18-22H2. The molecule has 0 saturated carbocycles. The van der Waals surface area contributed by atoms with Gasteiger partial charge in [0.1, 0.15) is 5.75 Å². The van der Waals surface area contributed by atoms with Crippen molar-refractivity contribution in [3.8, 4) is 5.75 Å². The van der Waals surface area contributed by atoms with Crippen LogP contribution < -0.4 is 4.74 Å². The normalized spacial score (nSPS) is 14.4. The largest absolute Gasteiger partial charge is 0.484 e. The molecule has 3 aromatic rings. The van der Waals surface area contributed by atoms with Crippen molar-refractivity contribution in [2.75, 3.05) is 32.8 Å². The van der Waals surface area contributed by atoms with E-state index in [1.165, 1.54) is 33.5 Å². The third-order valence-electron chi connectivity index (χ3n) is 6.20. The van der Waals surface area contributed by atoms with E-state index in [0.717, 1.165) is 23.3 Å². The Labute approximate surface area is 232 Å². The van der Waals surface area contributed by atoms with E-state index in [1.807, 2.05) is 30.3 Å². The Morgan fingerprint density at radius 1 is 0.825 bits per heavy atom. The van der Waals surface area contributed by atoms with Gasteiger partial charge in [0.2, 0.25) is 10.0 Å². The number of benzene rings is 3. The molecule has 0 N–H and O–H groups in total. The molecule has 3 aromatic carbocycles. The quantitative estimate of drug-likeness (QED) is 0.209. The first kappa shape index (κ1) is 28.4. The number of allylic oxidation sites excluding steroid dienone is 2. The highest BCUT2D eigenvalue weighted by molar-refractivity contribution is 7.89. The topological polar surface area (TPSA) is 127 Å². The number of nitrogens with zero attached hydrogens (tertiary/aromatic N) is 3. The molecule has 0 bridgehead atoms. The number of carbonyl (C=O) groups excluding carboxylic acids is 2. The summed E-state index contributed by atoms with van der Waals surface area (Å²) >= 11 is 0. The molecule has 0 spiro atoms. The van der Waals surface area contributed by atoms with E-state index in [4.69, 9.17) is 4.74 Å². The number of amides is 1. The van der Waals surface area contributed by atoms with Crippen molar-refractivity contribution in [3.05, 3.63) is 112 Å². The van der Waals surface area contributed by atoms with Crippen molar-refractivity contribution >= 4 is 39.6 Å². The summed E-state index contributed by atoms with van der Waals surface area (Å²) in [7, 11) is -3.83. The molecular formula is C29H27N3O7S. The van der Waals surface area contributed by atoms with Gasteiger partial charge in [-0.2, -0.15) is 4.31 Å². The first-order chi connectivity index (χ1) is 19.2. The van der Waals surface area contributed by atoms with E-state index in [9.17, 15) is 28.1 Å². The van der Waals surface area contributed by atoms with Gasteiger partial charge in [0, 0.05) is 38.3 Å². The van der Waals surface area contributed by atoms with Gasteiger partial charge in [0.15, 0.2) is 12.4 Å². The summed E-state index contributed by atoms with van der Waals surface area (Å²) in [4.78, 5) is 36.4. The van der Waals surface area contributed by atoms with Crippen molar-refractivity contribution < 1.29 is 27.7 Å². The maximum Gasteiger partial charge on any atom is 0.269 e. The second-order valence-electron chi connectivity index (χ2n) is 8.87. The summed E-state index contributed by atoms with van der Waals surface area (Å²) in [6, 6.07) is 21.2. The number of nitro groups is 1. The average molecular weight is 562 g/mol. The molecule has 1 heterocycles. The number of hydrogen-bond donors (Lipinski definition) is 0. The molecule has 1 saturated heterocycles. The zero-order valence-corrected chi connectivity index (χ0v) is 22.3. The van der Waals surface area contributed by atoms with Gasteiger partial charge in [-0.1, -0.05) is 54.6 Å². The van der Waals surface area contributed by atoms with Crippen molar-refractivity contribution in [2.24, 2.45) is 0 Å². The third kappa shape index (κ3) is 7.49. The Morgan fingerprint density at radius 3 is 1.98 bits per heavy atom. The van der Waals surface area contributed by atoms with Crippen molar-refractivity contribution in [3.63, 3.8) is 0 Å². The molecule has 11 heteroatoms. The summed E-state index contributed by atoms with van der Waals surface area (Å²) in [6.45, 7) is 0.402.